The number of hydrogen-bond acceptors (Lipinski definition) is 2. The topological polar surface area (TPSA) is 74.6 Å². The summed E-state index contributed by atoms with van der Waals surface area (Å²) >= 11 is 11.0. The van der Waals surface area contributed by atoms with Gasteiger partial charge < -0.3 is 10.2 Å². The van der Waals surface area contributed by atoms with Gasteiger partial charge in [0.25, 0.3) is 0 Å². The lowest BCUT2D eigenvalue weighted by Crippen LogP contribution is -2.25. The summed E-state index contributed by atoms with van der Waals surface area (Å²) in [6.45, 7) is 0. The first-order chi connectivity index (χ1) is 6.86. The Kier molecular flexibility index (Phi) is 6.68. The summed E-state index contributed by atoms with van der Waals surface area (Å²) in [6, 6.07) is 0. The maximum Gasteiger partial charge on any atom is 0.340 e. The van der Waals surface area contributed by atoms with Crippen molar-refractivity contribution >= 4 is 35.1 Å². The van der Waals surface area contributed by atoms with Crippen molar-refractivity contribution in [2.24, 2.45) is 0 Å². The van der Waals surface area contributed by atoms with Crippen molar-refractivity contribution in [3.63, 3.8) is 0 Å². The summed E-state index contributed by atoms with van der Waals surface area (Å²) in [5.74, 6) is -2.05. The molecular formula is C9H14Cl2O4. The molecule has 0 atom stereocenters. The van der Waals surface area contributed by atoms with Crippen LogP contribution in [0.2, 0.25) is 0 Å². The lowest BCUT2D eigenvalue weighted by Gasteiger charge is -2.13. The molecule has 0 saturated heterocycles. The fourth-order valence-corrected chi connectivity index (χ4v) is 1.35. The molecule has 0 aromatic heterocycles. The molecular weight excluding hydrogens is 243 g/mol. The van der Waals surface area contributed by atoms with Crippen LogP contribution in [-0.4, -0.2) is 26.5 Å². The SMILES string of the molecule is O=C(O)CCCCCCC(Cl)(Cl)C(=O)O. The van der Waals surface area contributed by atoms with Crippen LogP contribution in [0.4, 0.5) is 0 Å². The minimum atomic E-state index is -1.72. The molecule has 6 heteroatoms. The molecule has 0 aliphatic heterocycles. The number of rotatable bonds is 8. The maximum atomic E-state index is 10.5. The Balaban J connectivity index is 3.46. The highest BCUT2D eigenvalue weighted by molar-refractivity contribution is 6.57. The lowest BCUT2D eigenvalue weighted by atomic mass is 10.1. The lowest BCUT2D eigenvalue weighted by molar-refractivity contribution is -0.138. The molecule has 88 valence electrons. The molecule has 0 aromatic carbocycles. The van der Waals surface area contributed by atoms with Crippen molar-refractivity contribution in [2.75, 3.05) is 0 Å². The molecule has 0 rings (SSSR count). The van der Waals surface area contributed by atoms with Crippen LogP contribution < -0.4 is 0 Å². The predicted molar refractivity (Wildman–Crippen MR) is 57.4 cm³/mol. The Hall–Kier alpha value is -0.480. The standard InChI is InChI=1S/C9H14Cl2O4/c10-9(11,8(14)15)6-4-2-1-3-5-7(12)13/h1-6H2,(H,12,13)(H,14,15). The van der Waals surface area contributed by atoms with Crippen LogP contribution >= 0.6 is 23.2 Å². The van der Waals surface area contributed by atoms with Crippen LogP contribution in [0, 0.1) is 0 Å². The van der Waals surface area contributed by atoms with E-state index in [1.54, 1.807) is 0 Å². The Morgan fingerprint density at radius 2 is 1.53 bits per heavy atom. The van der Waals surface area contributed by atoms with Gasteiger partial charge in [-0.25, -0.2) is 4.79 Å². The average molecular weight is 257 g/mol. The molecule has 15 heavy (non-hydrogen) atoms. The van der Waals surface area contributed by atoms with Gasteiger partial charge in [-0.1, -0.05) is 36.0 Å². The first-order valence-corrected chi connectivity index (χ1v) is 5.45. The van der Waals surface area contributed by atoms with Gasteiger partial charge in [0.05, 0.1) is 0 Å². The average Bonchev–Trinajstić information content (AvgIpc) is 2.10. The zero-order valence-corrected chi connectivity index (χ0v) is 9.72. The van der Waals surface area contributed by atoms with Crippen LogP contribution in [0.5, 0.6) is 0 Å². The van der Waals surface area contributed by atoms with Crippen molar-refractivity contribution in [1.82, 2.24) is 0 Å². The van der Waals surface area contributed by atoms with Gasteiger partial charge >= 0.3 is 11.9 Å². The van der Waals surface area contributed by atoms with Crippen molar-refractivity contribution in [1.29, 1.82) is 0 Å². The molecule has 0 fully saturated rings. The smallest absolute Gasteiger partial charge is 0.340 e. The molecule has 2 N–H and O–H groups in total. The second kappa shape index (κ2) is 6.90. The molecule has 4 nitrogen and oxygen atoms in total. The summed E-state index contributed by atoms with van der Waals surface area (Å²) < 4.78 is -1.72. The van der Waals surface area contributed by atoms with Crippen molar-refractivity contribution < 1.29 is 19.8 Å². The van der Waals surface area contributed by atoms with Gasteiger partial charge in [0.2, 0.25) is 4.33 Å². The highest BCUT2D eigenvalue weighted by Crippen LogP contribution is 2.28. The number of carboxylic acids is 2. The summed E-state index contributed by atoms with van der Waals surface area (Å²) in [5.41, 5.74) is 0. The minimum Gasteiger partial charge on any atom is -0.481 e. The van der Waals surface area contributed by atoms with Crippen molar-refractivity contribution in [3.8, 4) is 0 Å². The zero-order valence-electron chi connectivity index (χ0n) is 8.21. The predicted octanol–water partition coefficient (Wildman–Crippen LogP) is 2.67. The van der Waals surface area contributed by atoms with Crippen molar-refractivity contribution in [3.05, 3.63) is 0 Å². The normalized spacial score (nSPS) is 11.3. The highest BCUT2D eigenvalue weighted by Gasteiger charge is 2.32. The zero-order chi connectivity index (χ0) is 11.9. The Morgan fingerprint density at radius 3 is 2.00 bits per heavy atom. The molecule has 0 radical (unpaired) electrons. The van der Waals surface area contributed by atoms with E-state index >= 15 is 0 Å². The second-order valence-electron chi connectivity index (χ2n) is 3.32. The number of hydrogen-bond donors (Lipinski definition) is 2. The highest BCUT2D eigenvalue weighted by atomic mass is 35.5. The molecule has 0 heterocycles. The Labute approximate surface area is 98.2 Å². The van der Waals surface area contributed by atoms with E-state index in [-0.39, 0.29) is 12.8 Å². The minimum absolute atomic E-state index is 0.145. The van der Waals surface area contributed by atoms with Gasteiger partial charge in [-0.15, -0.1) is 0 Å². The summed E-state index contributed by atoms with van der Waals surface area (Å²) in [7, 11) is 0. The van der Waals surface area contributed by atoms with Crippen LogP contribution in [-0.2, 0) is 9.59 Å². The third-order valence-corrected chi connectivity index (χ3v) is 2.65. The largest absolute Gasteiger partial charge is 0.481 e. The Morgan fingerprint density at radius 1 is 1.00 bits per heavy atom. The molecule has 0 aliphatic carbocycles. The maximum absolute atomic E-state index is 10.5. The number of alkyl halides is 2. The molecule has 0 saturated carbocycles. The number of carboxylic acid groups (broad SMARTS) is 2. The van der Waals surface area contributed by atoms with Crippen LogP contribution in [0.15, 0.2) is 0 Å². The molecule has 0 aromatic rings. The van der Waals surface area contributed by atoms with E-state index in [0.29, 0.717) is 12.8 Å². The molecule has 0 bridgehead atoms. The molecule has 0 spiro atoms. The first-order valence-electron chi connectivity index (χ1n) is 4.69. The first kappa shape index (κ1) is 14.5. The number of carbonyl (C=O) groups is 2. The monoisotopic (exact) mass is 256 g/mol. The third-order valence-electron chi connectivity index (χ3n) is 1.94. The van der Waals surface area contributed by atoms with Gasteiger partial charge in [0, 0.05) is 6.42 Å². The Bertz CT molecular complexity index is 228. The van der Waals surface area contributed by atoms with E-state index in [1.165, 1.54) is 0 Å². The van der Waals surface area contributed by atoms with E-state index in [0.717, 1.165) is 12.8 Å². The quantitative estimate of drug-likeness (QED) is 0.517. The van der Waals surface area contributed by atoms with Crippen LogP contribution in [0.3, 0.4) is 0 Å². The molecule has 0 amide bonds. The van der Waals surface area contributed by atoms with Crippen LogP contribution in [0.25, 0.3) is 0 Å². The summed E-state index contributed by atoms with van der Waals surface area (Å²) in [6.07, 6.45) is 2.99. The van der Waals surface area contributed by atoms with Gasteiger partial charge in [0.15, 0.2) is 0 Å². The van der Waals surface area contributed by atoms with E-state index in [1.807, 2.05) is 0 Å². The van der Waals surface area contributed by atoms with Gasteiger partial charge in [-0.05, 0) is 19.3 Å². The van der Waals surface area contributed by atoms with E-state index in [9.17, 15) is 9.59 Å². The van der Waals surface area contributed by atoms with Crippen molar-refractivity contribution in [2.45, 2.75) is 42.9 Å². The number of unbranched alkanes of at least 4 members (excludes halogenated alkanes) is 3. The fraction of sp³-hybridized carbons (Fsp3) is 0.778. The number of halogens is 2. The van der Waals surface area contributed by atoms with Gasteiger partial charge in [-0.3, -0.25) is 4.79 Å². The summed E-state index contributed by atoms with van der Waals surface area (Å²) in [4.78, 5) is 20.6. The van der Waals surface area contributed by atoms with Gasteiger partial charge in [-0.2, -0.15) is 0 Å². The molecule has 0 aliphatic rings. The summed E-state index contributed by atoms with van der Waals surface area (Å²) in [5, 5.41) is 16.9. The fourth-order valence-electron chi connectivity index (χ4n) is 1.08. The van der Waals surface area contributed by atoms with E-state index in [2.05, 4.69) is 0 Å². The third kappa shape index (κ3) is 7.45. The number of aliphatic carboxylic acids is 2. The van der Waals surface area contributed by atoms with E-state index in [4.69, 9.17) is 33.4 Å². The second-order valence-corrected chi connectivity index (χ2v) is 4.80. The van der Waals surface area contributed by atoms with E-state index < -0.39 is 16.3 Å². The molecule has 0 unspecified atom stereocenters. The van der Waals surface area contributed by atoms with Crippen LogP contribution in [0.1, 0.15) is 38.5 Å². The van der Waals surface area contributed by atoms with Gasteiger partial charge in [0.1, 0.15) is 0 Å².